The van der Waals surface area contributed by atoms with Gasteiger partial charge in [0.05, 0.1) is 17.8 Å². The zero-order valence-electron chi connectivity index (χ0n) is 12.4. The Balaban J connectivity index is 1.79. The van der Waals surface area contributed by atoms with Crippen LogP contribution in [0, 0.1) is 0 Å². The zero-order valence-corrected chi connectivity index (χ0v) is 12.4. The first-order valence-electron chi connectivity index (χ1n) is 7.41. The predicted molar refractivity (Wildman–Crippen MR) is 76.3 cm³/mol. The lowest BCUT2D eigenvalue weighted by molar-refractivity contribution is -0.137. The van der Waals surface area contributed by atoms with Crippen molar-refractivity contribution in [2.24, 2.45) is 0 Å². The Morgan fingerprint density at radius 1 is 1.35 bits per heavy atom. The normalized spacial score (nSPS) is 17.0. The number of benzene rings is 1. The van der Waals surface area contributed by atoms with Gasteiger partial charge in [0.25, 0.3) is 0 Å². The minimum atomic E-state index is -4.48. The van der Waals surface area contributed by atoms with Crippen LogP contribution in [0.15, 0.2) is 24.3 Å². The molecule has 1 atom stereocenters. The van der Waals surface area contributed by atoms with Crippen molar-refractivity contribution < 1.29 is 27.9 Å². The van der Waals surface area contributed by atoms with Crippen molar-refractivity contribution in [2.75, 3.05) is 6.54 Å². The summed E-state index contributed by atoms with van der Waals surface area (Å²) in [4.78, 5) is 16.7. The summed E-state index contributed by atoms with van der Waals surface area (Å²) in [5.74, 6) is 0. The van der Waals surface area contributed by atoms with Gasteiger partial charge in [-0.2, -0.15) is 13.2 Å². The first-order valence-corrected chi connectivity index (χ1v) is 7.41. The Hall–Kier alpha value is -1.80. The van der Waals surface area contributed by atoms with Gasteiger partial charge >= 0.3 is 12.2 Å². The second-order valence-electron chi connectivity index (χ2n) is 5.48. The molecule has 1 saturated carbocycles. The molecule has 1 aromatic rings. The van der Waals surface area contributed by atoms with Gasteiger partial charge in [-0.1, -0.05) is 25.0 Å². The van der Waals surface area contributed by atoms with Crippen LogP contribution in [-0.4, -0.2) is 23.8 Å². The molecule has 0 saturated heterocycles. The lowest BCUT2D eigenvalue weighted by Gasteiger charge is -2.16. The molecule has 128 valence electrons. The molecule has 0 aliphatic heterocycles. The smallest absolute Gasteiger partial charge is 0.387 e. The van der Waals surface area contributed by atoms with E-state index in [2.05, 4.69) is 10.8 Å². The Morgan fingerprint density at radius 3 is 2.70 bits per heavy atom. The zero-order chi connectivity index (χ0) is 16.9. The third-order valence-electron chi connectivity index (χ3n) is 3.68. The van der Waals surface area contributed by atoms with E-state index >= 15 is 0 Å². The van der Waals surface area contributed by atoms with Crippen molar-refractivity contribution in [3.63, 3.8) is 0 Å². The summed E-state index contributed by atoms with van der Waals surface area (Å²) in [7, 11) is 0. The predicted octanol–water partition coefficient (Wildman–Crippen LogP) is 2.91. The number of halogens is 3. The summed E-state index contributed by atoms with van der Waals surface area (Å²) in [5.41, 5.74) is 1.46. The van der Waals surface area contributed by atoms with E-state index in [1.807, 2.05) is 0 Å². The third-order valence-corrected chi connectivity index (χ3v) is 3.68. The van der Waals surface area contributed by atoms with Crippen LogP contribution in [0.4, 0.5) is 18.0 Å². The van der Waals surface area contributed by atoms with E-state index in [0.717, 1.165) is 37.8 Å². The molecule has 2 rings (SSSR count). The molecule has 1 fully saturated rings. The van der Waals surface area contributed by atoms with Gasteiger partial charge in [0.1, 0.15) is 0 Å². The van der Waals surface area contributed by atoms with E-state index in [-0.39, 0.29) is 18.2 Å². The van der Waals surface area contributed by atoms with Crippen molar-refractivity contribution in [2.45, 2.75) is 44.1 Å². The van der Waals surface area contributed by atoms with Gasteiger partial charge in [-0.3, -0.25) is 4.84 Å². The molecule has 0 aromatic heterocycles. The van der Waals surface area contributed by atoms with Crippen LogP contribution >= 0.6 is 0 Å². The summed E-state index contributed by atoms with van der Waals surface area (Å²) < 4.78 is 37.8. The summed E-state index contributed by atoms with van der Waals surface area (Å²) >= 11 is 0. The quantitative estimate of drug-likeness (QED) is 0.726. The number of carbonyl (C=O) groups is 1. The first-order chi connectivity index (χ1) is 10.9. The summed E-state index contributed by atoms with van der Waals surface area (Å²) in [5, 5.41) is 12.2. The largest absolute Gasteiger partial charge is 0.416 e. The van der Waals surface area contributed by atoms with Gasteiger partial charge in [-0.05, 0) is 30.5 Å². The Bertz CT molecular complexity index is 531. The molecule has 1 aliphatic carbocycles. The number of rotatable bonds is 5. The van der Waals surface area contributed by atoms with Crippen LogP contribution in [0.25, 0.3) is 0 Å². The van der Waals surface area contributed by atoms with E-state index in [1.54, 1.807) is 0 Å². The van der Waals surface area contributed by atoms with Gasteiger partial charge in [-0.25, -0.2) is 10.3 Å². The third kappa shape index (κ3) is 5.40. The lowest BCUT2D eigenvalue weighted by Crippen LogP contribution is -2.39. The maximum absolute atomic E-state index is 12.6. The molecular formula is C15H19F3N2O3. The van der Waals surface area contributed by atoms with Crippen LogP contribution < -0.4 is 10.8 Å². The fourth-order valence-corrected chi connectivity index (χ4v) is 2.41. The molecule has 0 radical (unpaired) electrons. The summed E-state index contributed by atoms with van der Waals surface area (Å²) in [6, 6.07) is 3.73. The molecule has 8 heteroatoms. The summed E-state index contributed by atoms with van der Waals surface area (Å²) in [6.07, 6.45) is -1.84. The number of hydrogen-bond acceptors (Lipinski definition) is 3. The molecule has 1 aliphatic rings. The second-order valence-corrected chi connectivity index (χ2v) is 5.48. The Morgan fingerprint density at radius 2 is 2.04 bits per heavy atom. The van der Waals surface area contributed by atoms with Crippen molar-refractivity contribution in [1.29, 1.82) is 0 Å². The number of hydroxylamine groups is 1. The van der Waals surface area contributed by atoms with Crippen molar-refractivity contribution in [3.8, 4) is 0 Å². The van der Waals surface area contributed by atoms with Crippen LogP contribution in [0.2, 0.25) is 0 Å². The molecule has 2 amide bonds. The average molecular weight is 332 g/mol. The van der Waals surface area contributed by atoms with Gasteiger partial charge in [0, 0.05) is 6.54 Å². The van der Waals surface area contributed by atoms with Gasteiger partial charge in [0.2, 0.25) is 0 Å². The molecule has 0 bridgehead atoms. The molecule has 0 spiro atoms. The molecule has 1 aromatic carbocycles. The topological polar surface area (TPSA) is 70.6 Å². The monoisotopic (exact) mass is 332 g/mol. The van der Waals surface area contributed by atoms with E-state index in [9.17, 15) is 23.1 Å². The highest BCUT2D eigenvalue weighted by Gasteiger charge is 2.30. The van der Waals surface area contributed by atoms with Crippen LogP contribution in [0.3, 0.4) is 0 Å². The van der Waals surface area contributed by atoms with Gasteiger partial charge in [-0.15, -0.1) is 0 Å². The standard InChI is InChI=1S/C15H19F3N2O3/c16-15(17,18)11-5-3-4-10(8-11)13(21)9-19-14(22)20-23-12-6-1-2-7-12/h3-5,8,12-13,21H,1-2,6-7,9H2,(H2,19,20,22). The van der Waals surface area contributed by atoms with E-state index < -0.39 is 23.9 Å². The molecular weight excluding hydrogens is 313 g/mol. The Kier molecular flexibility index (Phi) is 5.84. The molecule has 3 N–H and O–H groups in total. The van der Waals surface area contributed by atoms with Crippen LogP contribution in [0.1, 0.15) is 42.9 Å². The van der Waals surface area contributed by atoms with E-state index in [0.29, 0.717) is 0 Å². The number of aliphatic hydroxyl groups is 1. The number of amides is 2. The molecule has 23 heavy (non-hydrogen) atoms. The lowest BCUT2D eigenvalue weighted by atomic mass is 10.1. The highest BCUT2D eigenvalue weighted by molar-refractivity contribution is 5.72. The number of nitrogens with one attached hydrogen (secondary N) is 2. The van der Waals surface area contributed by atoms with Gasteiger partial charge < -0.3 is 10.4 Å². The SMILES string of the molecule is O=C(NCC(O)c1cccc(C(F)(F)F)c1)NOC1CCCC1. The number of hydrogen-bond donors (Lipinski definition) is 3. The van der Waals surface area contributed by atoms with Crippen LogP contribution in [-0.2, 0) is 11.0 Å². The highest BCUT2D eigenvalue weighted by Crippen LogP contribution is 2.30. The first kappa shape index (κ1) is 17.6. The Labute approximate surface area is 131 Å². The molecule has 1 unspecified atom stereocenters. The highest BCUT2D eigenvalue weighted by atomic mass is 19.4. The van der Waals surface area contributed by atoms with Crippen molar-refractivity contribution in [3.05, 3.63) is 35.4 Å². The summed E-state index contributed by atoms with van der Waals surface area (Å²) in [6.45, 7) is -0.221. The average Bonchev–Trinajstić information content (AvgIpc) is 3.03. The second kappa shape index (κ2) is 7.65. The van der Waals surface area contributed by atoms with Crippen LogP contribution in [0.5, 0.6) is 0 Å². The van der Waals surface area contributed by atoms with E-state index in [4.69, 9.17) is 4.84 Å². The molecule has 5 nitrogen and oxygen atoms in total. The number of aliphatic hydroxyl groups excluding tert-OH is 1. The number of carbonyl (C=O) groups excluding carboxylic acids is 1. The minimum Gasteiger partial charge on any atom is -0.387 e. The minimum absolute atomic E-state index is 0.00543. The van der Waals surface area contributed by atoms with Crippen molar-refractivity contribution >= 4 is 6.03 Å². The number of alkyl halides is 3. The fourth-order valence-electron chi connectivity index (χ4n) is 2.41. The fraction of sp³-hybridized carbons (Fsp3) is 0.533. The number of urea groups is 1. The van der Waals surface area contributed by atoms with Gasteiger partial charge in [0.15, 0.2) is 0 Å². The van der Waals surface area contributed by atoms with E-state index in [1.165, 1.54) is 12.1 Å². The molecule has 0 heterocycles. The maximum Gasteiger partial charge on any atom is 0.416 e. The maximum atomic E-state index is 12.6. The van der Waals surface area contributed by atoms with Crippen molar-refractivity contribution in [1.82, 2.24) is 10.8 Å².